The summed E-state index contributed by atoms with van der Waals surface area (Å²) in [6.07, 6.45) is 1.72. The first-order valence-electron chi connectivity index (χ1n) is 4.05. The average Bonchev–Trinajstić information content (AvgIpc) is 2.49. The van der Waals surface area contributed by atoms with Crippen LogP contribution in [0.5, 0.6) is 0 Å². The van der Waals surface area contributed by atoms with Gasteiger partial charge in [0, 0.05) is 5.39 Å². The molecule has 0 amide bonds. The van der Waals surface area contributed by atoms with E-state index in [1.165, 1.54) is 16.9 Å². The first-order chi connectivity index (χ1) is 5.77. The Kier molecular flexibility index (Phi) is 1.65. The topological polar surface area (TPSA) is 13.1 Å². The summed E-state index contributed by atoms with van der Waals surface area (Å²) in [7, 11) is 0. The Morgan fingerprint density at radius 3 is 2.75 bits per heavy atom. The molecule has 2 rings (SSSR count). The van der Waals surface area contributed by atoms with Gasteiger partial charge >= 0.3 is 0 Å². The average molecular weight is 159 g/mol. The molecular formula is C11H11O. The van der Waals surface area contributed by atoms with Crippen LogP contribution in [-0.4, -0.2) is 0 Å². The van der Waals surface area contributed by atoms with Gasteiger partial charge in [-0.25, -0.2) is 0 Å². The van der Waals surface area contributed by atoms with Crippen LogP contribution in [0.3, 0.4) is 0 Å². The Balaban J connectivity index is 2.60. The van der Waals surface area contributed by atoms with Gasteiger partial charge in [-0.2, -0.15) is 0 Å². The minimum atomic E-state index is 0.958. The van der Waals surface area contributed by atoms with E-state index in [0.29, 0.717) is 0 Å². The van der Waals surface area contributed by atoms with Crippen molar-refractivity contribution in [2.75, 3.05) is 0 Å². The van der Waals surface area contributed by atoms with Gasteiger partial charge < -0.3 is 4.42 Å². The maximum absolute atomic E-state index is 5.24. The minimum absolute atomic E-state index is 0.958. The van der Waals surface area contributed by atoms with E-state index >= 15 is 0 Å². The number of hydrogen-bond acceptors (Lipinski definition) is 1. The molecule has 0 aliphatic carbocycles. The van der Waals surface area contributed by atoms with Crippen molar-refractivity contribution in [3.63, 3.8) is 0 Å². The quantitative estimate of drug-likeness (QED) is 0.621. The molecule has 0 fully saturated rings. The molecule has 0 atom stereocenters. The van der Waals surface area contributed by atoms with Crippen LogP contribution in [0, 0.1) is 5.92 Å². The summed E-state index contributed by atoms with van der Waals surface area (Å²) in [4.78, 5) is 0. The summed E-state index contributed by atoms with van der Waals surface area (Å²) in [6.45, 7) is 4.22. The van der Waals surface area contributed by atoms with Crippen molar-refractivity contribution in [3.05, 3.63) is 42.0 Å². The maximum Gasteiger partial charge on any atom is 0.133 e. The van der Waals surface area contributed by atoms with E-state index in [1.807, 2.05) is 12.1 Å². The standard InChI is InChI=1S/C11H11O/c1-8(2)9-3-4-11-10(7-9)5-6-12-11/h3-7H,1-2H3. The molecule has 1 aromatic carbocycles. The van der Waals surface area contributed by atoms with E-state index in [9.17, 15) is 0 Å². The van der Waals surface area contributed by atoms with Crippen LogP contribution in [0.15, 0.2) is 34.9 Å². The van der Waals surface area contributed by atoms with Gasteiger partial charge in [-0.3, -0.25) is 0 Å². The number of benzene rings is 1. The van der Waals surface area contributed by atoms with E-state index in [0.717, 1.165) is 5.58 Å². The van der Waals surface area contributed by atoms with Gasteiger partial charge in [0.25, 0.3) is 0 Å². The van der Waals surface area contributed by atoms with Gasteiger partial charge in [0.1, 0.15) is 5.58 Å². The molecule has 12 heavy (non-hydrogen) atoms. The van der Waals surface area contributed by atoms with E-state index in [1.54, 1.807) is 6.26 Å². The number of hydrogen-bond donors (Lipinski definition) is 0. The van der Waals surface area contributed by atoms with Gasteiger partial charge in [-0.15, -0.1) is 0 Å². The fraction of sp³-hybridized carbons (Fsp3) is 0.182. The Morgan fingerprint density at radius 1 is 1.17 bits per heavy atom. The molecule has 0 aliphatic rings. The van der Waals surface area contributed by atoms with Crippen molar-refractivity contribution in [1.82, 2.24) is 0 Å². The van der Waals surface area contributed by atoms with Crippen molar-refractivity contribution in [2.45, 2.75) is 13.8 Å². The summed E-state index contributed by atoms with van der Waals surface area (Å²) in [5, 5.41) is 1.17. The summed E-state index contributed by atoms with van der Waals surface area (Å²) in [5.74, 6) is 1.33. The fourth-order valence-electron chi connectivity index (χ4n) is 1.28. The zero-order chi connectivity index (χ0) is 8.55. The molecular weight excluding hydrogens is 148 g/mol. The summed E-state index contributed by atoms with van der Waals surface area (Å²) in [5.41, 5.74) is 2.24. The smallest absolute Gasteiger partial charge is 0.133 e. The molecule has 0 aliphatic heterocycles. The van der Waals surface area contributed by atoms with Crippen molar-refractivity contribution < 1.29 is 4.42 Å². The summed E-state index contributed by atoms with van der Waals surface area (Å²) < 4.78 is 5.24. The molecule has 1 radical (unpaired) electrons. The highest BCUT2D eigenvalue weighted by atomic mass is 16.3. The zero-order valence-corrected chi connectivity index (χ0v) is 7.29. The van der Waals surface area contributed by atoms with Gasteiger partial charge in [-0.05, 0) is 29.7 Å². The second kappa shape index (κ2) is 2.67. The largest absolute Gasteiger partial charge is 0.464 e. The van der Waals surface area contributed by atoms with Crippen LogP contribution in [0.25, 0.3) is 11.0 Å². The van der Waals surface area contributed by atoms with E-state index < -0.39 is 0 Å². The zero-order valence-electron chi connectivity index (χ0n) is 7.29. The maximum atomic E-state index is 5.24. The molecule has 61 valence electrons. The lowest BCUT2D eigenvalue weighted by Gasteiger charge is -2.02. The molecule has 1 nitrogen and oxygen atoms in total. The van der Waals surface area contributed by atoms with Crippen LogP contribution in [0.1, 0.15) is 19.4 Å². The highest BCUT2D eigenvalue weighted by Crippen LogP contribution is 2.21. The van der Waals surface area contributed by atoms with E-state index in [2.05, 4.69) is 26.0 Å². The first kappa shape index (κ1) is 7.41. The third-order valence-electron chi connectivity index (χ3n) is 2.03. The third kappa shape index (κ3) is 1.11. The van der Waals surface area contributed by atoms with Crippen molar-refractivity contribution in [1.29, 1.82) is 0 Å². The van der Waals surface area contributed by atoms with Crippen molar-refractivity contribution in [2.24, 2.45) is 0 Å². The summed E-state index contributed by atoms with van der Waals surface area (Å²) >= 11 is 0. The predicted octanol–water partition coefficient (Wildman–Crippen LogP) is 3.40. The Hall–Kier alpha value is -1.24. The lowest BCUT2D eigenvalue weighted by atomic mass is 10.0. The lowest BCUT2D eigenvalue weighted by molar-refractivity contribution is 0.616. The van der Waals surface area contributed by atoms with Crippen LogP contribution >= 0.6 is 0 Å². The second-order valence-corrected chi connectivity index (χ2v) is 3.17. The molecule has 0 saturated carbocycles. The third-order valence-corrected chi connectivity index (χ3v) is 2.03. The Morgan fingerprint density at radius 2 is 2.00 bits per heavy atom. The highest BCUT2D eigenvalue weighted by molar-refractivity contribution is 5.78. The SMILES string of the molecule is C[C](C)c1ccc2occc2c1. The summed E-state index contributed by atoms with van der Waals surface area (Å²) in [6, 6.07) is 8.23. The highest BCUT2D eigenvalue weighted by Gasteiger charge is 2.01. The number of fused-ring (bicyclic) bond motifs is 1. The molecule has 1 heterocycles. The van der Waals surface area contributed by atoms with Gasteiger partial charge in [0.2, 0.25) is 0 Å². The van der Waals surface area contributed by atoms with Crippen molar-refractivity contribution >= 4 is 11.0 Å². The molecule has 0 unspecified atom stereocenters. The number of furan rings is 1. The van der Waals surface area contributed by atoms with Crippen molar-refractivity contribution in [3.8, 4) is 0 Å². The predicted molar refractivity (Wildman–Crippen MR) is 49.9 cm³/mol. The van der Waals surface area contributed by atoms with E-state index in [4.69, 9.17) is 4.42 Å². The molecule has 2 aromatic rings. The molecule has 0 spiro atoms. The van der Waals surface area contributed by atoms with Gasteiger partial charge in [-0.1, -0.05) is 19.9 Å². The number of rotatable bonds is 1. The van der Waals surface area contributed by atoms with Crippen LogP contribution in [0.4, 0.5) is 0 Å². The fourth-order valence-corrected chi connectivity index (χ4v) is 1.28. The minimum Gasteiger partial charge on any atom is -0.464 e. The molecule has 0 saturated heterocycles. The van der Waals surface area contributed by atoms with Crippen LogP contribution < -0.4 is 0 Å². The lowest BCUT2D eigenvalue weighted by Crippen LogP contribution is -1.85. The molecule has 0 N–H and O–H groups in total. The van der Waals surface area contributed by atoms with Gasteiger partial charge in [0.05, 0.1) is 6.26 Å². The van der Waals surface area contributed by atoms with Gasteiger partial charge in [0.15, 0.2) is 0 Å². The normalized spacial score (nSPS) is 11.2. The van der Waals surface area contributed by atoms with Crippen LogP contribution in [0.2, 0.25) is 0 Å². The second-order valence-electron chi connectivity index (χ2n) is 3.17. The first-order valence-corrected chi connectivity index (χ1v) is 4.05. The molecule has 1 heteroatoms. The Labute approximate surface area is 72.0 Å². The molecule has 1 aromatic heterocycles. The van der Waals surface area contributed by atoms with E-state index in [-0.39, 0.29) is 0 Å². The van der Waals surface area contributed by atoms with Crippen LogP contribution in [-0.2, 0) is 0 Å². The monoisotopic (exact) mass is 159 g/mol. The Bertz CT molecular complexity index is 385. The molecule has 0 bridgehead atoms.